The molecule has 0 aliphatic carbocycles. The van der Waals surface area contributed by atoms with Crippen molar-refractivity contribution in [2.75, 3.05) is 5.73 Å². The van der Waals surface area contributed by atoms with Gasteiger partial charge in [0, 0.05) is 30.7 Å². The van der Waals surface area contributed by atoms with Gasteiger partial charge in [-0.1, -0.05) is 24.3 Å². The molecular weight excluding hydrogens is 210 g/mol. The lowest BCUT2D eigenvalue weighted by atomic mass is 10.1. The van der Waals surface area contributed by atoms with Crippen LogP contribution in [0, 0.1) is 0 Å². The van der Waals surface area contributed by atoms with Crippen LogP contribution in [0.2, 0.25) is 0 Å². The van der Waals surface area contributed by atoms with Crippen LogP contribution < -0.4 is 11.1 Å². The summed E-state index contributed by atoms with van der Waals surface area (Å²) in [5, 5.41) is 3.44. The first-order valence-electron chi connectivity index (χ1n) is 5.74. The van der Waals surface area contributed by atoms with E-state index in [1.54, 1.807) is 6.20 Å². The highest BCUT2D eigenvalue weighted by Gasteiger charge is 2.05. The van der Waals surface area contributed by atoms with E-state index in [0.29, 0.717) is 0 Å². The quantitative estimate of drug-likeness (QED) is 0.789. The van der Waals surface area contributed by atoms with Gasteiger partial charge in [0.1, 0.15) is 0 Å². The van der Waals surface area contributed by atoms with Gasteiger partial charge >= 0.3 is 0 Å². The molecule has 0 radical (unpaired) electrons. The fourth-order valence-corrected chi connectivity index (χ4v) is 1.71. The molecule has 88 valence electrons. The van der Waals surface area contributed by atoms with Gasteiger partial charge in [0.15, 0.2) is 0 Å². The molecule has 0 unspecified atom stereocenters. The average Bonchev–Trinajstić information content (AvgIpc) is 2.38. The maximum atomic E-state index is 5.89. The van der Waals surface area contributed by atoms with Gasteiger partial charge in [-0.05, 0) is 30.2 Å². The van der Waals surface area contributed by atoms with Gasteiger partial charge in [0.05, 0.1) is 0 Å². The summed E-state index contributed by atoms with van der Waals surface area (Å²) in [7, 11) is 0. The zero-order valence-corrected chi connectivity index (χ0v) is 9.93. The summed E-state index contributed by atoms with van der Waals surface area (Å²) in [6.45, 7) is 2.89. The van der Waals surface area contributed by atoms with Crippen molar-refractivity contribution < 1.29 is 0 Å². The molecule has 1 heterocycles. The zero-order chi connectivity index (χ0) is 12.1. The SMILES string of the molecule is C[C@@H](NCc1ccccc1N)c1cccnc1. The molecule has 0 bridgehead atoms. The number of hydrogen-bond donors (Lipinski definition) is 2. The third kappa shape index (κ3) is 3.04. The molecule has 3 heteroatoms. The fraction of sp³-hybridized carbons (Fsp3) is 0.214. The number of nitrogens with zero attached hydrogens (tertiary/aromatic N) is 1. The highest BCUT2D eigenvalue weighted by molar-refractivity contribution is 5.46. The van der Waals surface area contributed by atoms with Crippen molar-refractivity contribution in [3.63, 3.8) is 0 Å². The molecule has 17 heavy (non-hydrogen) atoms. The maximum Gasteiger partial charge on any atom is 0.0359 e. The largest absolute Gasteiger partial charge is 0.398 e. The van der Waals surface area contributed by atoms with Crippen LogP contribution in [0.15, 0.2) is 48.8 Å². The van der Waals surface area contributed by atoms with Crippen molar-refractivity contribution in [2.24, 2.45) is 0 Å². The number of nitrogens with one attached hydrogen (secondary N) is 1. The van der Waals surface area contributed by atoms with Crippen LogP contribution in [0.1, 0.15) is 24.1 Å². The molecule has 0 aliphatic heterocycles. The molecule has 0 spiro atoms. The third-order valence-corrected chi connectivity index (χ3v) is 2.84. The summed E-state index contributed by atoms with van der Waals surface area (Å²) < 4.78 is 0. The molecule has 2 rings (SSSR count). The second-order valence-electron chi connectivity index (χ2n) is 4.09. The Morgan fingerprint density at radius 2 is 2.06 bits per heavy atom. The molecule has 1 atom stereocenters. The smallest absolute Gasteiger partial charge is 0.0359 e. The Kier molecular flexibility index (Phi) is 3.73. The predicted molar refractivity (Wildman–Crippen MR) is 70.3 cm³/mol. The lowest BCUT2D eigenvalue weighted by Crippen LogP contribution is -2.18. The highest BCUT2D eigenvalue weighted by atomic mass is 14.9. The van der Waals surface area contributed by atoms with Crippen molar-refractivity contribution in [3.05, 3.63) is 59.9 Å². The van der Waals surface area contributed by atoms with Gasteiger partial charge in [-0.15, -0.1) is 0 Å². The summed E-state index contributed by atoms with van der Waals surface area (Å²) in [6.07, 6.45) is 3.66. The minimum absolute atomic E-state index is 0.267. The first kappa shape index (κ1) is 11.6. The molecule has 1 aromatic heterocycles. The zero-order valence-electron chi connectivity index (χ0n) is 9.93. The summed E-state index contributed by atoms with van der Waals surface area (Å²) in [5.41, 5.74) is 9.04. The molecule has 0 saturated heterocycles. The van der Waals surface area contributed by atoms with E-state index < -0.39 is 0 Å². The van der Waals surface area contributed by atoms with Gasteiger partial charge in [-0.25, -0.2) is 0 Å². The van der Waals surface area contributed by atoms with Crippen LogP contribution in [0.3, 0.4) is 0 Å². The molecule has 2 aromatic rings. The van der Waals surface area contributed by atoms with E-state index in [9.17, 15) is 0 Å². The number of nitrogen functional groups attached to an aromatic ring is 1. The van der Waals surface area contributed by atoms with Crippen molar-refractivity contribution in [1.82, 2.24) is 10.3 Å². The molecule has 0 amide bonds. The Balaban J connectivity index is 1.97. The Hall–Kier alpha value is -1.87. The van der Waals surface area contributed by atoms with Gasteiger partial charge < -0.3 is 11.1 Å². The Morgan fingerprint density at radius 3 is 2.76 bits per heavy atom. The molecule has 0 aliphatic rings. The van der Waals surface area contributed by atoms with Crippen LogP contribution in [-0.2, 0) is 6.54 Å². The monoisotopic (exact) mass is 227 g/mol. The van der Waals surface area contributed by atoms with Crippen LogP contribution in [-0.4, -0.2) is 4.98 Å². The van der Waals surface area contributed by atoms with E-state index in [-0.39, 0.29) is 6.04 Å². The predicted octanol–water partition coefficient (Wildman–Crippen LogP) is 2.51. The van der Waals surface area contributed by atoms with E-state index in [1.165, 1.54) is 5.56 Å². The molecule has 3 N–H and O–H groups in total. The van der Waals surface area contributed by atoms with Crippen LogP contribution >= 0.6 is 0 Å². The first-order valence-corrected chi connectivity index (χ1v) is 5.74. The van der Waals surface area contributed by atoms with Crippen LogP contribution in [0.5, 0.6) is 0 Å². The van der Waals surface area contributed by atoms with Crippen molar-refractivity contribution >= 4 is 5.69 Å². The number of para-hydroxylation sites is 1. The molecule has 1 aromatic carbocycles. The van der Waals surface area contributed by atoms with Gasteiger partial charge in [-0.3, -0.25) is 4.98 Å². The Bertz CT molecular complexity index is 468. The molecule has 0 fully saturated rings. The number of hydrogen-bond acceptors (Lipinski definition) is 3. The lowest BCUT2D eigenvalue weighted by molar-refractivity contribution is 0.574. The number of benzene rings is 1. The van der Waals surface area contributed by atoms with Crippen molar-refractivity contribution in [2.45, 2.75) is 19.5 Å². The third-order valence-electron chi connectivity index (χ3n) is 2.84. The van der Waals surface area contributed by atoms with Gasteiger partial charge in [-0.2, -0.15) is 0 Å². The summed E-state index contributed by atoms with van der Waals surface area (Å²) >= 11 is 0. The summed E-state index contributed by atoms with van der Waals surface area (Å²) in [6, 6.07) is 12.2. The van der Waals surface area contributed by atoms with Crippen molar-refractivity contribution in [1.29, 1.82) is 0 Å². The van der Waals surface area contributed by atoms with E-state index in [0.717, 1.165) is 17.8 Å². The molecule has 0 saturated carbocycles. The number of aromatic nitrogens is 1. The van der Waals surface area contributed by atoms with E-state index in [4.69, 9.17) is 5.73 Å². The second-order valence-corrected chi connectivity index (χ2v) is 4.09. The minimum Gasteiger partial charge on any atom is -0.398 e. The normalized spacial score (nSPS) is 12.3. The summed E-state index contributed by atoms with van der Waals surface area (Å²) in [4.78, 5) is 4.11. The lowest BCUT2D eigenvalue weighted by Gasteiger charge is -2.14. The van der Waals surface area contributed by atoms with Gasteiger partial charge in [0.2, 0.25) is 0 Å². The average molecular weight is 227 g/mol. The minimum atomic E-state index is 0.267. The molecule has 3 nitrogen and oxygen atoms in total. The van der Waals surface area contributed by atoms with Crippen LogP contribution in [0.25, 0.3) is 0 Å². The Morgan fingerprint density at radius 1 is 1.24 bits per heavy atom. The highest BCUT2D eigenvalue weighted by Crippen LogP contribution is 2.14. The topological polar surface area (TPSA) is 50.9 Å². The fourth-order valence-electron chi connectivity index (χ4n) is 1.71. The second kappa shape index (κ2) is 5.46. The standard InChI is InChI=1S/C14H17N3/c1-11(12-6-4-8-16-9-12)17-10-13-5-2-3-7-14(13)15/h2-9,11,17H,10,15H2,1H3/t11-/m1/s1. The van der Waals surface area contributed by atoms with Gasteiger partial charge in [0.25, 0.3) is 0 Å². The van der Waals surface area contributed by atoms with Crippen molar-refractivity contribution in [3.8, 4) is 0 Å². The number of anilines is 1. The van der Waals surface area contributed by atoms with E-state index in [1.807, 2.05) is 36.5 Å². The van der Waals surface area contributed by atoms with E-state index >= 15 is 0 Å². The molecular formula is C14H17N3. The van der Waals surface area contributed by atoms with Crippen LogP contribution in [0.4, 0.5) is 5.69 Å². The number of rotatable bonds is 4. The first-order chi connectivity index (χ1) is 8.27. The maximum absolute atomic E-state index is 5.89. The Labute approximate surface area is 102 Å². The summed E-state index contributed by atoms with van der Waals surface area (Å²) in [5.74, 6) is 0. The number of nitrogens with two attached hydrogens (primary N) is 1. The number of pyridine rings is 1. The van der Waals surface area contributed by atoms with E-state index in [2.05, 4.69) is 23.3 Å².